The Bertz CT molecular complexity index is 1880. The highest BCUT2D eigenvalue weighted by atomic mass is 16.2. The van der Waals surface area contributed by atoms with Crippen LogP contribution in [0.25, 0.3) is 0 Å². The summed E-state index contributed by atoms with van der Waals surface area (Å²) in [6.07, 6.45) is 3.72. The lowest BCUT2D eigenvalue weighted by Gasteiger charge is -2.08. The van der Waals surface area contributed by atoms with Gasteiger partial charge in [-0.3, -0.25) is 19.2 Å². The molecule has 5 rings (SSSR count). The van der Waals surface area contributed by atoms with Gasteiger partial charge in [-0.25, -0.2) is 0 Å². The van der Waals surface area contributed by atoms with Crippen molar-refractivity contribution >= 4 is 35.0 Å². The number of nitrogens with zero attached hydrogens (tertiary/aromatic N) is 4. The molecule has 0 fully saturated rings. The van der Waals surface area contributed by atoms with Gasteiger partial charge in [0.2, 0.25) is 0 Å². The van der Waals surface area contributed by atoms with Crippen LogP contribution in [0.1, 0.15) is 55.3 Å². The molecule has 10 nitrogen and oxygen atoms in total. The molecule has 0 bridgehead atoms. The molecule has 2 aromatic heterocycles. The maximum Gasteiger partial charge on any atom is 0.278 e. The van der Waals surface area contributed by atoms with E-state index in [2.05, 4.69) is 20.6 Å². The summed E-state index contributed by atoms with van der Waals surface area (Å²) in [5, 5.41) is 5.59. The van der Waals surface area contributed by atoms with Crippen molar-refractivity contribution in [3.63, 3.8) is 0 Å². The number of rotatable bonds is 8. The molecule has 0 saturated heterocycles. The summed E-state index contributed by atoms with van der Waals surface area (Å²) in [6, 6.07) is 30.1. The van der Waals surface area contributed by atoms with Crippen LogP contribution >= 0.6 is 0 Å². The molecule has 0 radical (unpaired) electrons. The molecule has 0 aliphatic rings. The van der Waals surface area contributed by atoms with E-state index in [1.807, 2.05) is 59.6 Å². The molecular weight excluding hydrogens is 580 g/mol. The zero-order chi connectivity index (χ0) is 32.5. The fourth-order valence-corrected chi connectivity index (χ4v) is 4.58. The van der Waals surface area contributed by atoms with Gasteiger partial charge in [-0.15, -0.1) is 0 Å². The van der Waals surface area contributed by atoms with Crippen LogP contribution in [-0.4, -0.2) is 32.8 Å². The van der Waals surface area contributed by atoms with Crippen LogP contribution in [0.3, 0.4) is 0 Å². The van der Waals surface area contributed by atoms with Crippen LogP contribution in [0.2, 0.25) is 0 Å². The minimum atomic E-state index is -0.382. The number of aromatic nitrogens is 2. The Morgan fingerprint density at radius 2 is 0.848 bits per heavy atom. The lowest BCUT2D eigenvalue weighted by molar-refractivity contribution is 0.0989. The summed E-state index contributed by atoms with van der Waals surface area (Å²) < 4.78 is 3.74. The lowest BCUT2D eigenvalue weighted by Crippen LogP contribution is -2.20. The second-order valence-electron chi connectivity index (χ2n) is 10.2. The Morgan fingerprint density at radius 3 is 1.20 bits per heavy atom. The highest BCUT2D eigenvalue weighted by molar-refractivity contribution is 6.07. The van der Waals surface area contributed by atoms with Gasteiger partial charge in [0.1, 0.15) is 11.0 Å². The van der Waals surface area contributed by atoms with Crippen LogP contribution in [0.5, 0.6) is 0 Å². The fraction of sp³-hybridized carbons (Fsp3) is 0.111. The van der Waals surface area contributed by atoms with E-state index in [9.17, 15) is 19.2 Å². The quantitative estimate of drug-likeness (QED) is 0.246. The lowest BCUT2D eigenvalue weighted by atomic mass is 10.1. The van der Waals surface area contributed by atoms with E-state index in [-0.39, 0.29) is 23.6 Å². The van der Waals surface area contributed by atoms with Crippen molar-refractivity contribution in [2.75, 3.05) is 10.6 Å². The number of carbonyl (C=O) groups is 4. The molecule has 2 N–H and O–H groups in total. The summed E-state index contributed by atoms with van der Waals surface area (Å²) in [4.78, 5) is 59.3. The Morgan fingerprint density at radius 1 is 0.500 bits per heavy atom. The van der Waals surface area contributed by atoms with Gasteiger partial charge < -0.3 is 19.8 Å². The third kappa shape index (κ3) is 7.67. The molecule has 3 aromatic carbocycles. The predicted octanol–water partition coefficient (Wildman–Crippen LogP) is 5.32. The zero-order valence-corrected chi connectivity index (χ0v) is 25.4. The van der Waals surface area contributed by atoms with Crippen LogP contribution in [-0.2, 0) is 13.1 Å². The number of carbonyl (C=O) groups excluding carboxylic acids is 4. The SMILES string of the molecule is CCn1ccccc1=NC(=O)c1ccc(NC(=O)c2ccc(C(=O)Nc3ccc(C(=O)N=c4ccccn4CC)cc3)cc2)cc1. The maximum atomic E-state index is 12.8. The minimum absolute atomic E-state index is 0.356. The van der Waals surface area contributed by atoms with E-state index in [4.69, 9.17) is 0 Å². The van der Waals surface area contributed by atoms with Crippen molar-refractivity contribution in [1.82, 2.24) is 9.13 Å². The molecule has 230 valence electrons. The van der Waals surface area contributed by atoms with Gasteiger partial charge in [0.05, 0.1) is 0 Å². The van der Waals surface area contributed by atoms with Crippen molar-refractivity contribution in [2.24, 2.45) is 9.98 Å². The van der Waals surface area contributed by atoms with Crippen LogP contribution in [0.15, 0.2) is 132 Å². The Kier molecular flexibility index (Phi) is 9.89. The first-order valence-electron chi connectivity index (χ1n) is 14.8. The molecule has 0 aliphatic carbocycles. The molecular formula is C36H32N6O4. The van der Waals surface area contributed by atoms with Crippen molar-refractivity contribution in [1.29, 1.82) is 0 Å². The summed E-state index contributed by atoms with van der Waals surface area (Å²) >= 11 is 0. The standard InChI is InChI=1S/C36H32N6O4/c1-3-41-23-7-5-9-31(41)39-35(45)27-15-19-29(20-16-27)37-33(43)25-11-13-26(14-12-25)34(44)38-30-21-17-28(18-22-30)36(46)40-32-10-6-8-24-42(32)4-2/h5-24H,3-4H2,1-2H3,(H,37,43)(H,38,44). The normalized spacial score (nSPS) is 11.6. The molecule has 5 aromatic rings. The second-order valence-corrected chi connectivity index (χ2v) is 10.2. The van der Waals surface area contributed by atoms with E-state index in [0.29, 0.717) is 57.7 Å². The number of amides is 4. The number of hydrogen-bond donors (Lipinski definition) is 2. The largest absolute Gasteiger partial charge is 0.333 e. The third-order valence-corrected chi connectivity index (χ3v) is 7.14. The molecule has 0 atom stereocenters. The van der Waals surface area contributed by atoms with Gasteiger partial charge in [0.15, 0.2) is 0 Å². The molecule has 4 amide bonds. The Balaban J connectivity index is 1.17. The van der Waals surface area contributed by atoms with Crippen molar-refractivity contribution < 1.29 is 19.2 Å². The van der Waals surface area contributed by atoms with E-state index in [0.717, 1.165) is 0 Å². The van der Waals surface area contributed by atoms with Crippen LogP contribution in [0.4, 0.5) is 11.4 Å². The number of anilines is 2. The minimum Gasteiger partial charge on any atom is -0.333 e. The first-order chi connectivity index (χ1) is 22.3. The average molecular weight is 613 g/mol. The molecule has 46 heavy (non-hydrogen) atoms. The zero-order valence-electron chi connectivity index (χ0n) is 25.4. The van der Waals surface area contributed by atoms with Gasteiger partial charge in [-0.05, 0) is 111 Å². The summed E-state index contributed by atoms with van der Waals surface area (Å²) in [6.45, 7) is 5.32. The van der Waals surface area contributed by atoms with Crippen LogP contribution in [0, 0.1) is 0 Å². The third-order valence-electron chi connectivity index (χ3n) is 7.14. The number of pyridine rings is 2. The Hall–Kier alpha value is -6.16. The molecule has 0 spiro atoms. The fourth-order valence-electron chi connectivity index (χ4n) is 4.58. The summed E-state index contributed by atoms with van der Waals surface area (Å²) in [5.41, 5.74) is 3.65. The van der Waals surface area contributed by atoms with Crippen molar-refractivity contribution in [3.8, 4) is 0 Å². The number of nitrogens with one attached hydrogen (secondary N) is 2. The summed E-state index contributed by atoms with van der Waals surface area (Å²) in [7, 11) is 0. The highest BCUT2D eigenvalue weighted by Gasteiger charge is 2.12. The molecule has 0 saturated carbocycles. The van der Waals surface area contributed by atoms with Crippen molar-refractivity contribution in [2.45, 2.75) is 26.9 Å². The van der Waals surface area contributed by atoms with Gasteiger partial charge in [0.25, 0.3) is 23.6 Å². The monoisotopic (exact) mass is 612 g/mol. The topological polar surface area (TPSA) is 127 Å². The van der Waals surface area contributed by atoms with Gasteiger partial charge in [-0.1, -0.05) is 12.1 Å². The van der Waals surface area contributed by atoms with E-state index >= 15 is 0 Å². The highest BCUT2D eigenvalue weighted by Crippen LogP contribution is 2.15. The smallest absolute Gasteiger partial charge is 0.278 e. The average Bonchev–Trinajstić information content (AvgIpc) is 3.09. The number of hydrogen-bond acceptors (Lipinski definition) is 4. The number of benzene rings is 3. The second kappa shape index (κ2) is 14.5. The van der Waals surface area contributed by atoms with Gasteiger partial charge in [0, 0.05) is 59.1 Å². The van der Waals surface area contributed by atoms with E-state index in [1.165, 1.54) is 0 Å². The molecule has 10 heteroatoms. The molecule has 2 heterocycles. The first kappa shape index (κ1) is 31.3. The first-order valence-corrected chi connectivity index (χ1v) is 14.8. The van der Waals surface area contributed by atoms with Crippen LogP contribution < -0.4 is 21.6 Å². The molecule has 0 aliphatic heterocycles. The Labute approximate surface area is 265 Å². The maximum absolute atomic E-state index is 12.8. The predicted molar refractivity (Wildman–Crippen MR) is 175 cm³/mol. The van der Waals surface area contributed by atoms with Gasteiger partial charge >= 0.3 is 0 Å². The van der Waals surface area contributed by atoms with Crippen molar-refractivity contribution in [3.05, 3.63) is 155 Å². The van der Waals surface area contributed by atoms with E-state index < -0.39 is 0 Å². The van der Waals surface area contributed by atoms with E-state index in [1.54, 1.807) is 84.9 Å². The number of aryl methyl sites for hydroxylation is 2. The van der Waals surface area contributed by atoms with Gasteiger partial charge in [-0.2, -0.15) is 9.98 Å². The summed E-state index contributed by atoms with van der Waals surface area (Å²) in [5.74, 6) is -1.50. The molecule has 0 unspecified atom stereocenters.